The molecule has 1 N–H and O–H groups in total. The zero-order valence-corrected chi connectivity index (χ0v) is 11.3. The van der Waals surface area contributed by atoms with Crippen LogP contribution in [0.2, 0.25) is 0 Å². The summed E-state index contributed by atoms with van der Waals surface area (Å²) in [7, 11) is 0. The summed E-state index contributed by atoms with van der Waals surface area (Å²) in [4.78, 5) is 13.2. The SMILES string of the molecule is CSCC(C)CNC(=O)c1cc(S)cs1. The fourth-order valence-electron chi connectivity index (χ4n) is 1.14. The van der Waals surface area contributed by atoms with Crippen LogP contribution in [-0.4, -0.2) is 24.5 Å². The molecule has 1 atom stereocenters. The number of hydrogen-bond donors (Lipinski definition) is 2. The molecule has 15 heavy (non-hydrogen) atoms. The number of rotatable bonds is 5. The van der Waals surface area contributed by atoms with Crippen LogP contribution < -0.4 is 5.32 Å². The van der Waals surface area contributed by atoms with Crippen LogP contribution in [0.3, 0.4) is 0 Å². The molecule has 1 heterocycles. The number of nitrogens with one attached hydrogen (secondary N) is 1. The summed E-state index contributed by atoms with van der Waals surface area (Å²) in [6.07, 6.45) is 2.07. The number of carbonyl (C=O) groups is 1. The first kappa shape index (κ1) is 12.9. The Hall–Kier alpha value is -0.130. The Morgan fingerprint density at radius 1 is 1.73 bits per heavy atom. The van der Waals surface area contributed by atoms with Crippen LogP contribution in [0.4, 0.5) is 0 Å². The highest BCUT2D eigenvalue weighted by Crippen LogP contribution is 2.17. The fraction of sp³-hybridized carbons (Fsp3) is 0.500. The molecular formula is C10H15NOS3. The van der Waals surface area contributed by atoms with Crippen molar-refractivity contribution in [1.82, 2.24) is 5.32 Å². The average Bonchev–Trinajstić information content (AvgIpc) is 2.62. The van der Waals surface area contributed by atoms with E-state index in [1.165, 1.54) is 11.3 Å². The predicted octanol–water partition coefficient (Wildman–Crippen LogP) is 2.77. The minimum Gasteiger partial charge on any atom is -0.351 e. The lowest BCUT2D eigenvalue weighted by atomic mass is 10.2. The van der Waals surface area contributed by atoms with Gasteiger partial charge in [-0.1, -0.05) is 6.92 Å². The lowest BCUT2D eigenvalue weighted by Gasteiger charge is -2.10. The molecule has 1 amide bonds. The molecule has 0 aromatic carbocycles. The third-order valence-electron chi connectivity index (χ3n) is 1.87. The van der Waals surface area contributed by atoms with Gasteiger partial charge in [0.1, 0.15) is 0 Å². The summed E-state index contributed by atoms with van der Waals surface area (Å²) >= 11 is 7.40. The lowest BCUT2D eigenvalue weighted by molar-refractivity contribution is 0.0953. The molecule has 1 aromatic rings. The summed E-state index contributed by atoms with van der Waals surface area (Å²) in [6, 6.07) is 1.79. The van der Waals surface area contributed by atoms with Crippen molar-refractivity contribution in [3.05, 3.63) is 16.3 Å². The molecule has 5 heteroatoms. The lowest BCUT2D eigenvalue weighted by Crippen LogP contribution is -2.28. The van der Waals surface area contributed by atoms with Crippen molar-refractivity contribution in [2.24, 2.45) is 5.92 Å². The number of thioether (sulfide) groups is 1. The number of thiol groups is 1. The van der Waals surface area contributed by atoms with Crippen LogP contribution in [0.25, 0.3) is 0 Å². The predicted molar refractivity (Wildman–Crippen MR) is 71.5 cm³/mol. The van der Waals surface area contributed by atoms with Crippen molar-refractivity contribution in [3.63, 3.8) is 0 Å². The van der Waals surface area contributed by atoms with Crippen LogP contribution in [0.5, 0.6) is 0 Å². The van der Waals surface area contributed by atoms with Gasteiger partial charge >= 0.3 is 0 Å². The number of hydrogen-bond acceptors (Lipinski definition) is 4. The monoisotopic (exact) mass is 261 g/mol. The maximum Gasteiger partial charge on any atom is 0.261 e. The molecule has 84 valence electrons. The molecule has 1 rings (SSSR count). The highest BCUT2D eigenvalue weighted by Gasteiger charge is 2.09. The normalized spacial score (nSPS) is 12.5. The second kappa shape index (κ2) is 6.45. The van der Waals surface area contributed by atoms with Crippen molar-refractivity contribution >= 4 is 41.6 Å². The largest absolute Gasteiger partial charge is 0.351 e. The first-order valence-electron chi connectivity index (χ1n) is 4.68. The van der Waals surface area contributed by atoms with Crippen molar-refractivity contribution in [1.29, 1.82) is 0 Å². The van der Waals surface area contributed by atoms with E-state index >= 15 is 0 Å². The Morgan fingerprint density at radius 3 is 3.00 bits per heavy atom. The zero-order valence-electron chi connectivity index (χ0n) is 8.82. The van der Waals surface area contributed by atoms with E-state index in [4.69, 9.17) is 0 Å². The molecule has 0 aliphatic heterocycles. The number of thiophene rings is 1. The van der Waals surface area contributed by atoms with Gasteiger partial charge in [0.05, 0.1) is 4.88 Å². The van der Waals surface area contributed by atoms with Gasteiger partial charge in [0.15, 0.2) is 0 Å². The molecule has 0 saturated heterocycles. The van der Waals surface area contributed by atoms with Gasteiger partial charge in [0.25, 0.3) is 5.91 Å². The van der Waals surface area contributed by atoms with Gasteiger partial charge in [0, 0.05) is 16.8 Å². The molecule has 1 aromatic heterocycles. The second-order valence-electron chi connectivity index (χ2n) is 3.44. The van der Waals surface area contributed by atoms with Crippen molar-refractivity contribution in [2.45, 2.75) is 11.8 Å². The summed E-state index contributed by atoms with van der Waals surface area (Å²) in [5.41, 5.74) is 0. The standard InChI is InChI=1S/C10H15NOS3/c1-7(5-14-2)4-11-10(12)9-3-8(13)6-15-9/h3,6-7,13H,4-5H2,1-2H3,(H,11,12). The molecule has 0 aliphatic carbocycles. The van der Waals surface area contributed by atoms with E-state index in [2.05, 4.69) is 31.1 Å². The second-order valence-corrected chi connectivity index (χ2v) is 5.78. The van der Waals surface area contributed by atoms with Gasteiger partial charge in [-0.25, -0.2) is 0 Å². The number of carbonyl (C=O) groups excluding carboxylic acids is 1. The quantitative estimate of drug-likeness (QED) is 0.798. The van der Waals surface area contributed by atoms with E-state index in [1.807, 2.05) is 5.38 Å². The van der Waals surface area contributed by atoms with Crippen LogP contribution in [0.15, 0.2) is 16.3 Å². The first-order valence-corrected chi connectivity index (χ1v) is 7.40. The van der Waals surface area contributed by atoms with E-state index < -0.39 is 0 Å². The highest BCUT2D eigenvalue weighted by atomic mass is 32.2. The van der Waals surface area contributed by atoms with Crippen molar-refractivity contribution in [3.8, 4) is 0 Å². The molecule has 0 fully saturated rings. The van der Waals surface area contributed by atoms with E-state index in [0.29, 0.717) is 5.92 Å². The van der Waals surface area contributed by atoms with E-state index in [-0.39, 0.29) is 5.91 Å². The summed E-state index contributed by atoms with van der Waals surface area (Å²) in [5, 5.41) is 4.79. The van der Waals surface area contributed by atoms with Gasteiger partial charge in [0.2, 0.25) is 0 Å². The smallest absolute Gasteiger partial charge is 0.261 e. The van der Waals surface area contributed by atoms with Gasteiger partial charge in [-0.3, -0.25) is 4.79 Å². The number of amides is 1. The topological polar surface area (TPSA) is 29.1 Å². The maximum absolute atomic E-state index is 11.6. The van der Waals surface area contributed by atoms with Gasteiger partial charge < -0.3 is 5.32 Å². The Bertz CT molecular complexity index is 324. The minimum atomic E-state index is 0.00764. The molecular weight excluding hydrogens is 246 g/mol. The first-order chi connectivity index (χ1) is 7.13. The molecule has 0 saturated carbocycles. The van der Waals surface area contributed by atoms with Crippen LogP contribution in [0, 0.1) is 5.92 Å². The Balaban J connectivity index is 2.36. The van der Waals surface area contributed by atoms with Gasteiger partial charge in [-0.05, 0) is 24.0 Å². The van der Waals surface area contributed by atoms with E-state index in [1.54, 1.807) is 17.8 Å². The van der Waals surface area contributed by atoms with Gasteiger partial charge in [-0.2, -0.15) is 11.8 Å². The van der Waals surface area contributed by atoms with Crippen LogP contribution in [0.1, 0.15) is 16.6 Å². The van der Waals surface area contributed by atoms with Crippen molar-refractivity contribution < 1.29 is 4.79 Å². The molecule has 0 bridgehead atoms. The summed E-state index contributed by atoms with van der Waals surface area (Å²) in [6.45, 7) is 2.87. The fourth-order valence-corrected chi connectivity index (χ4v) is 2.89. The van der Waals surface area contributed by atoms with E-state index in [0.717, 1.165) is 22.1 Å². The average molecular weight is 261 g/mol. The zero-order chi connectivity index (χ0) is 11.3. The van der Waals surface area contributed by atoms with Crippen molar-refractivity contribution in [2.75, 3.05) is 18.6 Å². The maximum atomic E-state index is 11.6. The molecule has 0 radical (unpaired) electrons. The third kappa shape index (κ3) is 4.49. The summed E-state index contributed by atoms with van der Waals surface area (Å²) < 4.78 is 0. The highest BCUT2D eigenvalue weighted by molar-refractivity contribution is 7.98. The third-order valence-corrected chi connectivity index (χ3v) is 4.14. The van der Waals surface area contributed by atoms with Gasteiger partial charge in [-0.15, -0.1) is 24.0 Å². The molecule has 0 spiro atoms. The Morgan fingerprint density at radius 2 is 2.47 bits per heavy atom. The molecule has 0 aliphatic rings. The van der Waals surface area contributed by atoms with E-state index in [9.17, 15) is 4.79 Å². The van der Waals surface area contributed by atoms with Crippen LogP contribution >= 0.6 is 35.7 Å². The summed E-state index contributed by atoms with van der Waals surface area (Å²) in [5.74, 6) is 1.59. The Kier molecular flexibility index (Phi) is 5.56. The Labute approximate surface area is 104 Å². The van der Waals surface area contributed by atoms with Crippen LogP contribution in [-0.2, 0) is 0 Å². The molecule has 2 nitrogen and oxygen atoms in total. The molecule has 1 unspecified atom stereocenters. The minimum absolute atomic E-state index is 0.00764.